The number of carbonyl (C=O) groups is 2. The Bertz CT molecular complexity index is 1120. The van der Waals surface area contributed by atoms with E-state index < -0.39 is 11.7 Å². The topological polar surface area (TPSA) is 112 Å². The SMILES string of the molecule is CC(C)(C)OC(=O)NC1CN(c2c(Br)cnc3[nH]cc(NC(=O)c4cccnc4)c23)C1. The molecule has 3 N–H and O–H groups in total. The molecule has 0 spiro atoms. The summed E-state index contributed by atoms with van der Waals surface area (Å²) in [5.74, 6) is -0.256. The number of nitrogens with zero attached hydrogens (tertiary/aromatic N) is 3. The van der Waals surface area contributed by atoms with Crippen molar-refractivity contribution in [3.05, 3.63) is 47.0 Å². The summed E-state index contributed by atoms with van der Waals surface area (Å²) in [5, 5.41) is 6.61. The minimum atomic E-state index is -0.541. The Kier molecular flexibility index (Phi) is 5.57. The number of anilines is 2. The molecule has 0 unspecified atom stereocenters. The molecule has 3 aromatic heterocycles. The maximum absolute atomic E-state index is 12.6. The number of carbonyl (C=O) groups excluding carboxylic acids is 2. The van der Waals surface area contributed by atoms with Crippen molar-refractivity contribution in [2.24, 2.45) is 0 Å². The number of hydrogen-bond donors (Lipinski definition) is 3. The summed E-state index contributed by atoms with van der Waals surface area (Å²) in [5.41, 5.74) is 2.10. The number of fused-ring (bicyclic) bond motifs is 1. The van der Waals surface area contributed by atoms with Crippen LogP contribution in [0.2, 0.25) is 0 Å². The van der Waals surface area contributed by atoms with Crippen LogP contribution in [0.1, 0.15) is 31.1 Å². The van der Waals surface area contributed by atoms with E-state index in [9.17, 15) is 9.59 Å². The lowest BCUT2D eigenvalue weighted by molar-refractivity contribution is 0.0496. The molecule has 2 amide bonds. The number of halogens is 1. The van der Waals surface area contributed by atoms with E-state index in [-0.39, 0.29) is 11.9 Å². The van der Waals surface area contributed by atoms with Crippen LogP contribution < -0.4 is 15.5 Å². The molecule has 0 aliphatic carbocycles. The summed E-state index contributed by atoms with van der Waals surface area (Å²) in [6, 6.07) is 3.39. The largest absolute Gasteiger partial charge is 0.444 e. The van der Waals surface area contributed by atoms with Gasteiger partial charge in [-0.2, -0.15) is 0 Å². The van der Waals surface area contributed by atoms with Gasteiger partial charge in [-0.1, -0.05) is 0 Å². The second-order valence-electron chi connectivity index (χ2n) is 8.32. The minimum absolute atomic E-state index is 0.0302. The number of aromatic nitrogens is 3. The van der Waals surface area contributed by atoms with Gasteiger partial charge in [-0.3, -0.25) is 9.78 Å². The normalized spacial score (nSPS) is 14.3. The highest BCUT2D eigenvalue weighted by Gasteiger charge is 2.33. The number of hydrogen-bond acceptors (Lipinski definition) is 6. The van der Waals surface area contributed by atoms with Gasteiger partial charge in [0.25, 0.3) is 5.91 Å². The fourth-order valence-corrected chi connectivity index (χ4v) is 3.93. The van der Waals surface area contributed by atoms with Gasteiger partial charge in [0, 0.05) is 37.9 Å². The third-order valence-corrected chi connectivity index (χ3v) is 5.30. The van der Waals surface area contributed by atoms with E-state index in [1.54, 1.807) is 30.7 Å². The van der Waals surface area contributed by atoms with Gasteiger partial charge in [-0.15, -0.1) is 0 Å². The van der Waals surface area contributed by atoms with E-state index >= 15 is 0 Å². The van der Waals surface area contributed by atoms with Gasteiger partial charge in [-0.05, 0) is 48.8 Å². The number of amides is 2. The van der Waals surface area contributed by atoms with Crippen LogP contribution in [-0.4, -0.2) is 51.7 Å². The van der Waals surface area contributed by atoms with E-state index in [1.807, 2.05) is 20.8 Å². The molecule has 4 heterocycles. The highest BCUT2D eigenvalue weighted by molar-refractivity contribution is 9.10. The number of aromatic amines is 1. The first-order chi connectivity index (χ1) is 14.7. The van der Waals surface area contributed by atoms with Crippen LogP contribution in [0.5, 0.6) is 0 Å². The van der Waals surface area contributed by atoms with Crippen molar-refractivity contribution in [2.75, 3.05) is 23.3 Å². The Morgan fingerprint density at radius 3 is 2.74 bits per heavy atom. The van der Waals surface area contributed by atoms with Crippen molar-refractivity contribution < 1.29 is 14.3 Å². The zero-order chi connectivity index (χ0) is 22.2. The molecule has 0 radical (unpaired) electrons. The van der Waals surface area contributed by atoms with Crippen molar-refractivity contribution in [1.29, 1.82) is 0 Å². The quantitative estimate of drug-likeness (QED) is 0.518. The fourth-order valence-electron chi connectivity index (χ4n) is 3.38. The van der Waals surface area contributed by atoms with Gasteiger partial charge in [0.1, 0.15) is 11.2 Å². The lowest BCUT2D eigenvalue weighted by Gasteiger charge is -2.42. The fraction of sp³-hybridized carbons (Fsp3) is 0.333. The molecule has 1 saturated heterocycles. The zero-order valence-electron chi connectivity index (χ0n) is 17.4. The minimum Gasteiger partial charge on any atom is -0.444 e. The molecule has 10 heteroatoms. The molecule has 3 aromatic rings. The Balaban J connectivity index is 1.52. The highest BCUT2D eigenvalue weighted by atomic mass is 79.9. The van der Waals surface area contributed by atoms with E-state index in [0.717, 1.165) is 15.5 Å². The summed E-state index contributed by atoms with van der Waals surface area (Å²) in [6.45, 7) is 6.71. The summed E-state index contributed by atoms with van der Waals surface area (Å²) in [7, 11) is 0. The summed E-state index contributed by atoms with van der Waals surface area (Å²) in [6.07, 6.45) is 6.14. The van der Waals surface area contributed by atoms with Crippen LogP contribution in [0.4, 0.5) is 16.2 Å². The lowest BCUT2D eigenvalue weighted by Crippen LogP contribution is -2.60. The van der Waals surface area contributed by atoms with Crippen LogP contribution in [0.3, 0.4) is 0 Å². The van der Waals surface area contributed by atoms with Crippen LogP contribution in [0.15, 0.2) is 41.4 Å². The molecule has 162 valence electrons. The molecule has 0 atom stereocenters. The predicted octanol–water partition coefficient (Wildman–Crippen LogP) is 3.69. The molecule has 9 nitrogen and oxygen atoms in total. The van der Waals surface area contributed by atoms with Crippen molar-refractivity contribution in [1.82, 2.24) is 20.3 Å². The van der Waals surface area contributed by atoms with Gasteiger partial charge in [0.2, 0.25) is 0 Å². The van der Waals surface area contributed by atoms with Crippen LogP contribution >= 0.6 is 15.9 Å². The first-order valence-corrected chi connectivity index (χ1v) is 10.6. The van der Waals surface area contributed by atoms with Crippen molar-refractivity contribution in [3.8, 4) is 0 Å². The van der Waals surface area contributed by atoms with Gasteiger partial charge < -0.3 is 25.3 Å². The van der Waals surface area contributed by atoms with Crippen molar-refractivity contribution in [2.45, 2.75) is 32.4 Å². The van der Waals surface area contributed by atoms with E-state index in [0.29, 0.717) is 30.0 Å². The number of nitrogens with one attached hydrogen (secondary N) is 3. The molecule has 31 heavy (non-hydrogen) atoms. The first kappa shape index (κ1) is 21.1. The molecule has 1 aliphatic rings. The molecule has 0 saturated carbocycles. The number of H-pyrrole nitrogens is 1. The maximum Gasteiger partial charge on any atom is 0.407 e. The maximum atomic E-state index is 12.6. The third kappa shape index (κ3) is 4.63. The first-order valence-electron chi connectivity index (χ1n) is 9.82. The average Bonchev–Trinajstić information content (AvgIpc) is 3.07. The second kappa shape index (κ2) is 8.18. The monoisotopic (exact) mass is 486 g/mol. The second-order valence-corrected chi connectivity index (χ2v) is 9.18. The van der Waals surface area contributed by atoms with E-state index in [4.69, 9.17) is 4.74 Å². The van der Waals surface area contributed by atoms with Crippen LogP contribution in [-0.2, 0) is 4.74 Å². The summed E-state index contributed by atoms with van der Waals surface area (Å²) in [4.78, 5) is 38.3. The smallest absolute Gasteiger partial charge is 0.407 e. The lowest BCUT2D eigenvalue weighted by atomic mass is 10.1. The van der Waals surface area contributed by atoms with Crippen LogP contribution in [0.25, 0.3) is 11.0 Å². The Morgan fingerprint density at radius 1 is 1.29 bits per heavy atom. The number of pyridine rings is 2. The van der Waals surface area contributed by atoms with Gasteiger partial charge in [0.15, 0.2) is 0 Å². The molecular formula is C21H23BrN6O3. The van der Waals surface area contributed by atoms with Gasteiger partial charge in [-0.25, -0.2) is 9.78 Å². The molecule has 0 aromatic carbocycles. The molecular weight excluding hydrogens is 464 g/mol. The van der Waals surface area contributed by atoms with Crippen molar-refractivity contribution in [3.63, 3.8) is 0 Å². The number of rotatable bonds is 4. The molecule has 1 fully saturated rings. The standard InChI is InChI=1S/C21H23BrN6O3/c1-21(2,3)31-20(30)26-13-10-28(11-13)17-14(22)8-24-18-16(17)15(9-25-18)27-19(29)12-5-4-6-23-7-12/h4-9,13H,10-11H2,1-3H3,(H,24,25)(H,26,30)(H,27,29). The molecule has 4 rings (SSSR count). The molecule has 0 bridgehead atoms. The molecule has 1 aliphatic heterocycles. The van der Waals surface area contributed by atoms with Crippen LogP contribution in [0, 0.1) is 0 Å². The highest BCUT2D eigenvalue weighted by Crippen LogP contribution is 2.39. The van der Waals surface area contributed by atoms with E-state index in [1.165, 1.54) is 6.20 Å². The Hall–Kier alpha value is -3.14. The Morgan fingerprint density at radius 2 is 2.06 bits per heavy atom. The van der Waals surface area contributed by atoms with Gasteiger partial charge >= 0.3 is 6.09 Å². The summed E-state index contributed by atoms with van der Waals surface area (Å²) >= 11 is 3.58. The zero-order valence-corrected chi connectivity index (χ0v) is 19.0. The number of ether oxygens (including phenoxy) is 1. The van der Waals surface area contributed by atoms with Crippen molar-refractivity contribution >= 4 is 50.3 Å². The number of alkyl carbamates (subject to hydrolysis) is 1. The van der Waals surface area contributed by atoms with Gasteiger partial charge in [0.05, 0.1) is 32.8 Å². The van der Waals surface area contributed by atoms with E-state index in [2.05, 4.69) is 46.4 Å². The third-order valence-electron chi connectivity index (χ3n) is 4.72. The average molecular weight is 487 g/mol. The predicted molar refractivity (Wildman–Crippen MR) is 121 cm³/mol. The Labute approximate surface area is 187 Å². The summed E-state index contributed by atoms with van der Waals surface area (Å²) < 4.78 is 6.12.